The molecule has 3 atom stereocenters. The number of carbonyl (C=O) groups excluding carboxylic acids is 4. The highest BCUT2D eigenvalue weighted by Gasteiger charge is 2.30. The van der Waals surface area contributed by atoms with Gasteiger partial charge < -0.3 is 35.6 Å². The monoisotopic (exact) mass is 599 g/mol. The number of carboxylic acids is 1. The lowest BCUT2D eigenvalue weighted by atomic mass is 9.99. The van der Waals surface area contributed by atoms with Crippen molar-refractivity contribution >= 4 is 51.8 Å². The molecular formula is C33H35N4O7. The van der Waals surface area contributed by atoms with Crippen LogP contribution >= 0.6 is 0 Å². The van der Waals surface area contributed by atoms with Crippen molar-refractivity contribution in [3.8, 4) is 0 Å². The molecule has 0 bridgehead atoms. The third-order valence-electron chi connectivity index (χ3n) is 6.77. The van der Waals surface area contributed by atoms with Crippen LogP contribution in [0.1, 0.15) is 31.9 Å². The van der Waals surface area contributed by atoms with Crippen molar-refractivity contribution in [2.75, 3.05) is 0 Å². The van der Waals surface area contributed by atoms with Crippen LogP contribution in [0.3, 0.4) is 0 Å². The first kappa shape index (κ1) is 31.7. The predicted molar refractivity (Wildman–Crippen MR) is 165 cm³/mol. The lowest BCUT2D eigenvalue weighted by Crippen LogP contribution is -2.56. The van der Waals surface area contributed by atoms with Crippen molar-refractivity contribution in [2.24, 2.45) is 0 Å². The summed E-state index contributed by atoms with van der Waals surface area (Å²) in [6, 6.07) is 16.9. The van der Waals surface area contributed by atoms with Crippen LogP contribution in [-0.2, 0) is 36.8 Å². The number of amides is 3. The standard InChI is InChI=1S/C33H35N4O7/c1-33(2,3)44-32(43)37-28(16-23-18-34-26-11-7-6-10-25(23)26)31(42)36-27(30(41)35-24(19-38)17-29(39)40)15-20-12-13-21-8-4-5-9-22(21)14-20/h4-14,17-19,24,27-28,34H,15-16H2,1-3H3,(H,35,41)(H,36,42)(H,37,43)(H,39,40)/t24-,27-,28-/m0/s1. The molecule has 11 nitrogen and oxygen atoms in total. The van der Waals surface area contributed by atoms with Gasteiger partial charge in [-0.2, -0.15) is 0 Å². The average molecular weight is 600 g/mol. The van der Waals surface area contributed by atoms with E-state index in [0.717, 1.165) is 27.2 Å². The Bertz CT molecular complexity index is 1670. The van der Waals surface area contributed by atoms with Gasteiger partial charge in [-0.3, -0.25) is 14.4 Å². The maximum atomic E-state index is 13.8. The number of benzene rings is 3. The number of H-pyrrole nitrogens is 1. The Balaban J connectivity index is 1.62. The van der Waals surface area contributed by atoms with Gasteiger partial charge in [0.25, 0.3) is 0 Å². The van der Waals surface area contributed by atoms with E-state index in [9.17, 15) is 24.0 Å². The lowest BCUT2D eigenvalue weighted by molar-refractivity contribution is -0.135. The molecule has 1 radical (unpaired) electrons. The van der Waals surface area contributed by atoms with Crippen molar-refractivity contribution < 1.29 is 33.8 Å². The van der Waals surface area contributed by atoms with Crippen LogP contribution in [0, 0.1) is 6.42 Å². The third-order valence-corrected chi connectivity index (χ3v) is 6.77. The van der Waals surface area contributed by atoms with Gasteiger partial charge in [-0.25, -0.2) is 4.79 Å². The fourth-order valence-electron chi connectivity index (χ4n) is 4.80. The van der Waals surface area contributed by atoms with E-state index >= 15 is 0 Å². The number of aromatic amines is 1. The molecule has 3 aromatic carbocycles. The Labute approximate surface area is 254 Å². The number of aromatic nitrogens is 1. The predicted octanol–water partition coefficient (Wildman–Crippen LogP) is 3.46. The second-order valence-corrected chi connectivity index (χ2v) is 11.4. The zero-order valence-electron chi connectivity index (χ0n) is 24.6. The minimum atomic E-state index is -1.42. The highest BCUT2D eigenvalue weighted by Crippen LogP contribution is 2.20. The molecule has 0 spiro atoms. The number of alkyl carbamates (subject to hydrolysis) is 1. The van der Waals surface area contributed by atoms with Crippen LogP contribution < -0.4 is 16.0 Å². The van der Waals surface area contributed by atoms with Crippen molar-refractivity contribution in [1.82, 2.24) is 20.9 Å². The zero-order valence-corrected chi connectivity index (χ0v) is 24.6. The van der Waals surface area contributed by atoms with E-state index in [-0.39, 0.29) is 19.1 Å². The second-order valence-electron chi connectivity index (χ2n) is 11.4. The molecular weight excluding hydrogens is 564 g/mol. The lowest BCUT2D eigenvalue weighted by Gasteiger charge is -2.26. The number of aldehydes is 1. The number of carboxylic acid groups (broad SMARTS) is 1. The maximum Gasteiger partial charge on any atom is 0.408 e. The quantitative estimate of drug-likeness (QED) is 0.156. The number of ether oxygens (including phenoxy) is 1. The molecule has 0 unspecified atom stereocenters. The highest BCUT2D eigenvalue weighted by molar-refractivity contribution is 5.94. The number of aliphatic carboxylic acids is 1. The molecule has 44 heavy (non-hydrogen) atoms. The molecule has 4 aromatic rings. The molecule has 3 amide bonds. The first-order valence-electron chi connectivity index (χ1n) is 14.1. The molecule has 5 N–H and O–H groups in total. The Hall–Kier alpha value is -5.19. The summed E-state index contributed by atoms with van der Waals surface area (Å²) in [5.41, 5.74) is 1.49. The number of para-hydroxylation sites is 1. The Morgan fingerprint density at radius 3 is 2.23 bits per heavy atom. The largest absolute Gasteiger partial charge is 0.481 e. The van der Waals surface area contributed by atoms with Crippen molar-refractivity contribution in [3.63, 3.8) is 0 Å². The van der Waals surface area contributed by atoms with Crippen LogP contribution in [0.15, 0.2) is 72.9 Å². The first-order valence-corrected chi connectivity index (χ1v) is 14.1. The number of hydrogen-bond acceptors (Lipinski definition) is 6. The smallest absolute Gasteiger partial charge is 0.408 e. The molecule has 0 saturated carbocycles. The third kappa shape index (κ3) is 8.66. The molecule has 0 fully saturated rings. The summed E-state index contributed by atoms with van der Waals surface area (Å²) in [4.78, 5) is 65.8. The minimum Gasteiger partial charge on any atom is -0.481 e. The number of carbonyl (C=O) groups is 5. The van der Waals surface area contributed by atoms with E-state index in [1.54, 1.807) is 27.0 Å². The van der Waals surface area contributed by atoms with Gasteiger partial charge in [0.05, 0.1) is 12.5 Å². The van der Waals surface area contributed by atoms with E-state index in [1.165, 1.54) is 0 Å². The molecule has 11 heteroatoms. The molecule has 229 valence electrons. The van der Waals surface area contributed by atoms with Crippen LogP contribution in [0.25, 0.3) is 21.7 Å². The normalized spacial score (nSPS) is 13.4. The maximum absolute atomic E-state index is 13.8. The van der Waals surface area contributed by atoms with Gasteiger partial charge in [-0.15, -0.1) is 0 Å². The minimum absolute atomic E-state index is 0.0211. The summed E-state index contributed by atoms with van der Waals surface area (Å²) in [6.07, 6.45) is 1.95. The van der Waals surface area contributed by atoms with Gasteiger partial charge in [0.15, 0.2) is 0 Å². The fraction of sp³-hybridized carbons (Fsp3) is 0.273. The fourth-order valence-corrected chi connectivity index (χ4v) is 4.80. The molecule has 1 heterocycles. The van der Waals surface area contributed by atoms with E-state index in [4.69, 9.17) is 9.84 Å². The van der Waals surface area contributed by atoms with E-state index < -0.39 is 47.6 Å². The topological polar surface area (TPSA) is 167 Å². The van der Waals surface area contributed by atoms with E-state index in [1.807, 2.05) is 66.7 Å². The SMILES string of the molecule is CC(C)(C)OC(=O)N[C@@H](Cc1c[nH]c2ccccc12)C(=O)N[C@@H](Cc1ccc2ccccc2c1)C(=O)N[C@@H]([CH]C(=O)O)C=O. The van der Waals surface area contributed by atoms with Gasteiger partial charge in [-0.1, -0.05) is 60.7 Å². The molecule has 4 rings (SSSR count). The Morgan fingerprint density at radius 1 is 0.864 bits per heavy atom. The average Bonchev–Trinajstić information content (AvgIpc) is 3.37. The van der Waals surface area contributed by atoms with Gasteiger partial charge in [0, 0.05) is 29.9 Å². The highest BCUT2D eigenvalue weighted by atomic mass is 16.6. The van der Waals surface area contributed by atoms with Crippen molar-refractivity contribution in [3.05, 3.63) is 90.5 Å². The molecule has 0 saturated heterocycles. The summed E-state index contributed by atoms with van der Waals surface area (Å²) in [5.74, 6) is -2.84. The van der Waals surface area contributed by atoms with Gasteiger partial charge in [-0.05, 0) is 48.7 Å². The summed E-state index contributed by atoms with van der Waals surface area (Å²) in [5, 5.41) is 19.6. The number of nitrogens with one attached hydrogen (secondary N) is 4. The summed E-state index contributed by atoms with van der Waals surface area (Å²) >= 11 is 0. The number of hydrogen-bond donors (Lipinski definition) is 5. The molecule has 1 aromatic heterocycles. The Morgan fingerprint density at radius 2 is 1.52 bits per heavy atom. The summed E-state index contributed by atoms with van der Waals surface area (Å²) < 4.78 is 5.40. The summed E-state index contributed by atoms with van der Waals surface area (Å²) in [6.45, 7) is 5.09. The van der Waals surface area contributed by atoms with Gasteiger partial charge in [0.1, 0.15) is 24.0 Å². The van der Waals surface area contributed by atoms with Gasteiger partial charge >= 0.3 is 12.1 Å². The molecule has 0 aliphatic rings. The molecule has 0 aliphatic carbocycles. The number of rotatable bonds is 12. The molecule has 0 aliphatic heterocycles. The summed E-state index contributed by atoms with van der Waals surface area (Å²) in [7, 11) is 0. The number of fused-ring (bicyclic) bond motifs is 2. The van der Waals surface area contributed by atoms with Gasteiger partial charge in [0.2, 0.25) is 11.8 Å². The van der Waals surface area contributed by atoms with Crippen LogP contribution in [0.2, 0.25) is 0 Å². The second kappa shape index (κ2) is 13.9. The van der Waals surface area contributed by atoms with Crippen LogP contribution in [0.4, 0.5) is 4.79 Å². The Kier molecular flexibility index (Phi) is 9.99. The van der Waals surface area contributed by atoms with E-state index in [2.05, 4.69) is 20.9 Å². The van der Waals surface area contributed by atoms with Crippen molar-refractivity contribution in [2.45, 2.75) is 57.3 Å². The van der Waals surface area contributed by atoms with Crippen LogP contribution in [-0.4, -0.2) is 64.0 Å². The zero-order chi connectivity index (χ0) is 31.9. The first-order chi connectivity index (χ1) is 20.9. The van der Waals surface area contributed by atoms with E-state index in [0.29, 0.717) is 12.0 Å². The van der Waals surface area contributed by atoms with Crippen LogP contribution in [0.5, 0.6) is 0 Å². The van der Waals surface area contributed by atoms with Crippen molar-refractivity contribution in [1.29, 1.82) is 0 Å².